The van der Waals surface area contributed by atoms with E-state index in [1.807, 2.05) is 38.1 Å². The van der Waals surface area contributed by atoms with E-state index in [2.05, 4.69) is 4.99 Å². The highest BCUT2D eigenvalue weighted by Gasteiger charge is 1.97. The van der Waals surface area contributed by atoms with Gasteiger partial charge in [-0.1, -0.05) is 19.6 Å². The molecule has 0 amide bonds. The Bertz CT molecular complexity index is 361. The fraction of sp³-hybridized carbons (Fsp3) is 0.308. The first-order valence-electron chi connectivity index (χ1n) is 4.94. The van der Waals surface area contributed by atoms with Gasteiger partial charge in [0.15, 0.2) is 0 Å². The topological polar surface area (TPSA) is 64.4 Å². The summed E-state index contributed by atoms with van der Waals surface area (Å²) < 4.78 is 0. The molecule has 1 rings (SSSR count). The van der Waals surface area contributed by atoms with Crippen molar-refractivity contribution in [2.45, 2.75) is 27.3 Å². The van der Waals surface area contributed by atoms with Gasteiger partial charge in [-0.3, -0.25) is 4.99 Å². The first kappa shape index (κ1) is 14.2. The van der Waals surface area contributed by atoms with Gasteiger partial charge in [-0.05, 0) is 31.5 Å². The van der Waals surface area contributed by atoms with Crippen LogP contribution >= 0.6 is 0 Å². The molecule has 0 aliphatic heterocycles. The van der Waals surface area contributed by atoms with Crippen LogP contribution in [0.25, 0.3) is 5.57 Å². The lowest BCUT2D eigenvalue weighted by atomic mass is 10.1. The lowest BCUT2D eigenvalue weighted by Gasteiger charge is -2.02. The van der Waals surface area contributed by atoms with Gasteiger partial charge in [-0.25, -0.2) is 0 Å². The van der Waals surface area contributed by atoms with E-state index in [0.717, 1.165) is 16.8 Å². The molecular formula is C13H21N3. The monoisotopic (exact) mass is 219 g/mol. The van der Waals surface area contributed by atoms with Crippen LogP contribution < -0.4 is 11.5 Å². The minimum absolute atomic E-state index is 0. The highest BCUT2D eigenvalue weighted by atomic mass is 14.7. The second-order valence-corrected chi connectivity index (χ2v) is 3.62. The molecule has 0 unspecified atom stereocenters. The van der Waals surface area contributed by atoms with E-state index in [4.69, 9.17) is 11.5 Å². The normalized spacial score (nSPS) is 11.8. The van der Waals surface area contributed by atoms with E-state index < -0.39 is 0 Å². The molecule has 0 fully saturated rings. The summed E-state index contributed by atoms with van der Waals surface area (Å²) in [6.45, 7) is 4.04. The minimum atomic E-state index is 0. The summed E-state index contributed by atoms with van der Waals surface area (Å²) in [5.41, 5.74) is 13.8. The number of nitrogens with zero attached hydrogens (tertiary/aromatic N) is 1. The second-order valence-electron chi connectivity index (χ2n) is 3.62. The molecule has 4 N–H and O–H groups in total. The molecule has 0 saturated carbocycles. The molecule has 0 aliphatic rings. The maximum Gasteiger partial charge on any atom is 0.0443 e. The van der Waals surface area contributed by atoms with Gasteiger partial charge in [0.25, 0.3) is 0 Å². The van der Waals surface area contributed by atoms with E-state index in [0.29, 0.717) is 0 Å². The third-order valence-electron chi connectivity index (χ3n) is 1.94. The quantitative estimate of drug-likeness (QED) is 0.606. The minimum Gasteiger partial charge on any atom is -0.404 e. The molecule has 0 atom stereocenters. The number of rotatable bonds is 3. The first-order chi connectivity index (χ1) is 7.13. The van der Waals surface area contributed by atoms with Crippen LogP contribution in [0.15, 0.2) is 35.5 Å². The van der Waals surface area contributed by atoms with Crippen LogP contribution in [0.3, 0.4) is 0 Å². The number of aliphatic imine (C=N–C) groups is 1. The number of allylic oxidation sites excluding steroid dienone is 1. The van der Waals surface area contributed by atoms with Crippen molar-refractivity contribution in [3.8, 4) is 0 Å². The molecule has 0 radical (unpaired) electrons. The Morgan fingerprint density at radius 2 is 1.81 bits per heavy atom. The molecule has 0 saturated heterocycles. The van der Waals surface area contributed by atoms with Crippen LogP contribution in [0.4, 0.5) is 5.69 Å². The lowest BCUT2D eigenvalue weighted by Crippen LogP contribution is -1.95. The number of hydrogen-bond donors (Lipinski definition) is 2. The number of hydrogen-bond acceptors (Lipinski definition) is 3. The third kappa shape index (κ3) is 4.17. The molecular weight excluding hydrogens is 198 g/mol. The molecule has 3 nitrogen and oxygen atoms in total. The van der Waals surface area contributed by atoms with Crippen molar-refractivity contribution in [2.75, 3.05) is 5.73 Å². The van der Waals surface area contributed by atoms with Crippen LogP contribution in [-0.4, -0.2) is 12.3 Å². The number of nitrogen functional groups attached to an aromatic ring is 1. The molecule has 3 heteroatoms. The molecule has 0 aromatic heterocycles. The van der Waals surface area contributed by atoms with Crippen molar-refractivity contribution in [3.63, 3.8) is 0 Å². The molecule has 0 spiro atoms. The van der Waals surface area contributed by atoms with Gasteiger partial charge >= 0.3 is 0 Å². The first-order valence-corrected chi connectivity index (χ1v) is 4.94. The van der Waals surface area contributed by atoms with E-state index in [9.17, 15) is 0 Å². The van der Waals surface area contributed by atoms with Gasteiger partial charge in [-0.15, -0.1) is 0 Å². The van der Waals surface area contributed by atoms with Crippen molar-refractivity contribution in [1.82, 2.24) is 0 Å². The number of anilines is 1. The standard InChI is InChI=1S/C12H17N3.CH4/c1-9(2)15-8-11(7-13)10-3-5-12(14)6-4-10;/h3-9H,13-14H2,1-2H3;1H4/b11-7+,15-8?;. The lowest BCUT2D eigenvalue weighted by molar-refractivity contribution is 0.842. The van der Waals surface area contributed by atoms with Crippen molar-refractivity contribution in [2.24, 2.45) is 10.7 Å². The SMILES string of the molecule is C.CC(C)N=C/C(=C\N)c1ccc(N)cc1. The molecule has 0 heterocycles. The Morgan fingerprint density at radius 3 is 2.25 bits per heavy atom. The highest BCUT2D eigenvalue weighted by Crippen LogP contribution is 2.13. The fourth-order valence-corrected chi connectivity index (χ4v) is 1.12. The summed E-state index contributed by atoms with van der Waals surface area (Å²) in [6, 6.07) is 7.83. The number of nitrogens with two attached hydrogens (primary N) is 2. The van der Waals surface area contributed by atoms with Gasteiger partial charge < -0.3 is 11.5 Å². The average Bonchev–Trinajstić information content (AvgIpc) is 2.21. The summed E-state index contributed by atoms with van der Waals surface area (Å²) in [5, 5.41) is 0. The summed E-state index contributed by atoms with van der Waals surface area (Å²) in [4.78, 5) is 4.29. The predicted octanol–water partition coefficient (Wildman–Crippen LogP) is 2.68. The maximum atomic E-state index is 5.61. The summed E-state index contributed by atoms with van der Waals surface area (Å²) in [5.74, 6) is 0. The van der Waals surface area contributed by atoms with E-state index in [-0.39, 0.29) is 13.5 Å². The fourth-order valence-electron chi connectivity index (χ4n) is 1.12. The van der Waals surface area contributed by atoms with Gasteiger partial charge in [0.05, 0.1) is 0 Å². The van der Waals surface area contributed by atoms with E-state index in [1.165, 1.54) is 0 Å². The Morgan fingerprint density at radius 1 is 1.25 bits per heavy atom. The zero-order valence-electron chi connectivity index (χ0n) is 9.14. The van der Waals surface area contributed by atoms with Crippen molar-refractivity contribution < 1.29 is 0 Å². The smallest absolute Gasteiger partial charge is 0.0443 e. The zero-order chi connectivity index (χ0) is 11.3. The summed E-state index contributed by atoms with van der Waals surface area (Å²) >= 11 is 0. The largest absolute Gasteiger partial charge is 0.404 e. The molecule has 88 valence electrons. The highest BCUT2D eigenvalue weighted by molar-refractivity contribution is 6.09. The summed E-state index contributed by atoms with van der Waals surface area (Å²) in [7, 11) is 0. The Labute approximate surface area is 97.9 Å². The molecule has 0 bridgehead atoms. The van der Waals surface area contributed by atoms with Gasteiger partial charge in [0, 0.05) is 29.7 Å². The van der Waals surface area contributed by atoms with E-state index in [1.54, 1.807) is 12.4 Å². The molecule has 1 aromatic carbocycles. The third-order valence-corrected chi connectivity index (χ3v) is 1.94. The number of benzene rings is 1. The Kier molecular flexibility index (Phi) is 5.93. The average molecular weight is 219 g/mol. The maximum absolute atomic E-state index is 5.61. The predicted molar refractivity (Wildman–Crippen MR) is 73.4 cm³/mol. The van der Waals surface area contributed by atoms with Crippen LogP contribution in [0, 0.1) is 0 Å². The van der Waals surface area contributed by atoms with Crippen LogP contribution in [0.1, 0.15) is 26.8 Å². The van der Waals surface area contributed by atoms with Crippen molar-refractivity contribution in [3.05, 3.63) is 36.0 Å². The zero-order valence-corrected chi connectivity index (χ0v) is 9.14. The van der Waals surface area contributed by atoms with Crippen LogP contribution in [0.5, 0.6) is 0 Å². The second kappa shape index (κ2) is 6.67. The van der Waals surface area contributed by atoms with Crippen molar-refractivity contribution in [1.29, 1.82) is 0 Å². The van der Waals surface area contributed by atoms with Crippen molar-refractivity contribution >= 4 is 17.5 Å². The van der Waals surface area contributed by atoms with Crippen LogP contribution in [-0.2, 0) is 0 Å². The molecule has 0 aliphatic carbocycles. The molecule has 16 heavy (non-hydrogen) atoms. The van der Waals surface area contributed by atoms with Gasteiger partial charge in [0.1, 0.15) is 0 Å². The molecule has 1 aromatic rings. The van der Waals surface area contributed by atoms with Gasteiger partial charge in [-0.2, -0.15) is 0 Å². The Balaban J connectivity index is 0.00000225. The van der Waals surface area contributed by atoms with Crippen LogP contribution in [0.2, 0.25) is 0 Å². The Hall–Kier alpha value is -1.77. The van der Waals surface area contributed by atoms with Gasteiger partial charge in [0.2, 0.25) is 0 Å². The summed E-state index contributed by atoms with van der Waals surface area (Å²) in [6.07, 6.45) is 3.34. The van der Waals surface area contributed by atoms with E-state index >= 15 is 0 Å².